The average Bonchev–Trinajstić information content (AvgIpc) is 2.45. The van der Waals surface area contributed by atoms with Gasteiger partial charge in [-0.2, -0.15) is 13.2 Å². The molecule has 6 heteroatoms. The second kappa shape index (κ2) is 6.02. The van der Waals surface area contributed by atoms with E-state index in [9.17, 15) is 13.2 Å². The van der Waals surface area contributed by atoms with Crippen molar-refractivity contribution in [2.24, 2.45) is 5.84 Å². The molecule has 0 saturated carbocycles. The van der Waals surface area contributed by atoms with Gasteiger partial charge in [0, 0.05) is 12.4 Å². The van der Waals surface area contributed by atoms with Crippen LogP contribution in [0.4, 0.5) is 13.2 Å². The van der Waals surface area contributed by atoms with Gasteiger partial charge in [0.15, 0.2) is 0 Å². The Balaban J connectivity index is 2.13. The lowest BCUT2D eigenvalue weighted by molar-refractivity contribution is -0.137. The van der Waals surface area contributed by atoms with Crippen LogP contribution in [0.2, 0.25) is 0 Å². The Bertz CT molecular complexity index is 538. The summed E-state index contributed by atoms with van der Waals surface area (Å²) in [5.74, 6) is 5.50. The van der Waals surface area contributed by atoms with Crippen molar-refractivity contribution >= 4 is 0 Å². The van der Waals surface area contributed by atoms with Crippen molar-refractivity contribution in [3.05, 3.63) is 65.5 Å². The first-order valence-corrected chi connectivity index (χ1v) is 6.03. The summed E-state index contributed by atoms with van der Waals surface area (Å²) >= 11 is 0. The highest BCUT2D eigenvalue weighted by Gasteiger charge is 2.29. The first-order valence-electron chi connectivity index (χ1n) is 6.03. The molecule has 1 heterocycles. The minimum absolute atomic E-state index is 0.172. The zero-order chi connectivity index (χ0) is 14.6. The van der Waals surface area contributed by atoms with Crippen molar-refractivity contribution < 1.29 is 13.2 Å². The highest BCUT2D eigenvalue weighted by molar-refractivity contribution is 5.27. The van der Waals surface area contributed by atoms with Crippen LogP contribution >= 0.6 is 0 Å². The normalized spacial score (nSPS) is 13.2. The maximum Gasteiger partial charge on any atom is 0.416 e. The van der Waals surface area contributed by atoms with E-state index < -0.39 is 11.7 Å². The van der Waals surface area contributed by atoms with E-state index in [2.05, 4.69) is 10.4 Å². The third-order valence-corrected chi connectivity index (χ3v) is 3.03. The standard InChI is InChI=1S/C14H14F3N3/c15-14(16,17)12-3-1-10(2-4-12)9-13(20-18)11-5-7-19-8-6-11/h1-8,13,20H,9,18H2. The van der Waals surface area contributed by atoms with Gasteiger partial charge in [-0.3, -0.25) is 16.3 Å². The molecule has 1 unspecified atom stereocenters. The van der Waals surface area contributed by atoms with E-state index in [4.69, 9.17) is 5.84 Å². The van der Waals surface area contributed by atoms with E-state index in [-0.39, 0.29) is 6.04 Å². The molecule has 2 rings (SSSR count). The van der Waals surface area contributed by atoms with E-state index in [1.807, 2.05) is 12.1 Å². The Morgan fingerprint density at radius 1 is 1.05 bits per heavy atom. The van der Waals surface area contributed by atoms with Gasteiger partial charge in [0.2, 0.25) is 0 Å². The minimum Gasteiger partial charge on any atom is -0.271 e. The number of halogens is 3. The molecule has 0 aliphatic carbocycles. The fourth-order valence-electron chi connectivity index (χ4n) is 1.93. The molecule has 3 N–H and O–H groups in total. The molecule has 106 valence electrons. The molecule has 1 aromatic heterocycles. The number of pyridine rings is 1. The fraction of sp³-hybridized carbons (Fsp3) is 0.214. The predicted molar refractivity (Wildman–Crippen MR) is 69.4 cm³/mol. The highest BCUT2D eigenvalue weighted by atomic mass is 19.4. The zero-order valence-electron chi connectivity index (χ0n) is 10.6. The van der Waals surface area contributed by atoms with Crippen molar-refractivity contribution in [1.82, 2.24) is 10.4 Å². The third-order valence-electron chi connectivity index (χ3n) is 3.03. The molecule has 0 spiro atoms. The quantitative estimate of drug-likeness (QED) is 0.669. The summed E-state index contributed by atoms with van der Waals surface area (Å²) < 4.78 is 37.4. The number of benzene rings is 1. The van der Waals surface area contributed by atoms with Gasteiger partial charge in [-0.1, -0.05) is 12.1 Å². The van der Waals surface area contributed by atoms with E-state index in [0.717, 1.165) is 23.3 Å². The molecule has 1 atom stereocenters. The van der Waals surface area contributed by atoms with Crippen LogP contribution in [0.15, 0.2) is 48.8 Å². The Morgan fingerprint density at radius 2 is 1.65 bits per heavy atom. The Kier molecular flexibility index (Phi) is 4.36. The van der Waals surface area contributed by atoms with Gasteiger partial charge >= 0.3 is 6.18 Å². The van der Waals surface area contributed by atoms with Crippen molar-refractivity contribution in [3.8, 4) is 0 Å². The Morgan fingerprint density at radius 3 is 2.15 bits per heavy atom. The van der Waals surface area contributed by atoms with Crippen LogP contribution in [0.5, 0.6) is 0 Å². The smallest absolute Gasteiger partial charge is 0.271 e. The molecule has 0 aliphatic heterocycles. The van der Waals surface area contributed by atoms with Crippen LogP contribution in [0.25, 0.3) is 0 Å². The number of alkyl halides is 3. The molecule has 0 bridgehead atoms. The lowest BCUT2D eigenvalue weighted by atomic mass is 9.99. The molecule has 0 radical (unpaired) electrons. The van der Waals surface area contributed by atoms with E-state index in [1.54, 1.807) is 12.4 Å². The van der Waals surface area contributed by atoms with Gasteiger partial charge in [-0.05, 0) is 41.8 Å². The van der Waals surface area contributed by atoms with E-state index in [1.165, 1.54) is 12.1 Å². The monoisotopic (exact) mass is 281 g/mol. The predicted octanol–water partition coefficient (Wildman–Crippen LogP) is 2.85. The van der Waals surface area contributed by atoms with Crippen LogP contribution in [0.1, 0.15) is 22.7 Å². The van der Waals surface area contributed by atoms with Crippen LogP contribution in [-0.4, -0.2) is 4.98 Å². The minimum atomic E-state index is -4.31. The van der Waals surface area contributed by atoms with Gasteiger partial charge in [0.1, 0.15) is 0 Å². The third kappa shape index (κ3) is 3.55. The lowest BCUT2D eigenvalue weighted by Crippen LogP contribution is -2.29. The maximum atomic E-state index is 12.5. The number of aromatic nitrogens is 1. The number of nitrogens with two attached hydrogens (primary N) is 1. The van der Waals surface area contributed by atoms with E-state index >= 15 is 0 Å². The van der Waals surface area contributed by atoms with Gasteiger partial charge in [-0.15, -0.1) is 0 Å². The summed E-state index contributed by atoms with van der Waals surface area (Å²) in [6.07, 6.45) is -0.521. The fourth-order valence-corrected chi connectivity index (χ4v) is 1.93. The number of nitrogens with zero attached hydrogens (tertiary/aromatic N) is 1. The molecule has 20 heavy (non-hydrogen) atoms. The van der Waals surface area contributed by atoms with Gasteiger partial charge in [0.05, 0.1) is 11.6 Å². The van der Waals surface area contributed by atoms with Crippen LogP contribution < -0.4 is 11.3 Å². The summed E-state index contributed by atoms with van der Waals surface area (Å²) in [4.78, 5) is 3.91. The summed E-state index contributed by atoms with van der Waals surface area (Å²) in [5.41, 5.74) is 3.72. The maximum absolute atomic E-state index is 12.5. The number of hydrogen-bond donors (Lipinski definition) is 2. The van der Waals surface area contributed by atoms with Crippen molar-refractivity contribution in [2.45, 2.75) is 18.6 Å². The zero-order valence-corrected chi connectivity index (χ0v) is 10.6. The summed E-state index contributed by atoms with van der Waals surface area (Å²) in [7, 11) is 0. The number of nitrogens with one attached hydrogen (secondary N) is 1. The summed E-state index contributed by atoms with van der Waals surface area (Å²) in [5, 5.41) is 0. The molecule has 0 aliphatic rings. The Hall–Kier alpha value is -1.92. The average molecular weight is 281 g/mol. The molecular weight excluding hydrogens is 267 g/mol. The Labute approximate surface area is 114 Å². The summed E-state index contributed by atoms with van der Waals surface area (Å²) in [6.45, 7) is 0. The second-order valence-corrected chi connectivity index (χ2v) is 4.40. The lowest BCUT2D eigenvalue weighted by Gasteiger charge is -2.16. The van der Waals surface area contributed by atoms with Crippen LogP contribution in [-0.2, 0) is 12.6 Å². The number of rotatable bonds is 4. The van der Waals surface area contributed by atoms with Crippen LogP contribution in [0.3, 0.4) is 0 Å². The largest absolute Gasteiger partial charge is 0.416 e. The molecule has 1 aromatic carbocycles. The molecule has 3 nitrogen and oxygen atoms in total. The second-order valence-electron chi connectivity index (χ2n) is 4.40. The summed E-state index contributed by atoms with van der Waals surface area (Å²) in [6, 6.07) is 8.55. The SMILES string of the molecule is NNC(Cc1ccc(C(F)(F)F)cc1)c1ccncc1. The van der Waals surface area contributed by atoms with Crippen molar-refractivity contribution in [3.63, 3.8) is 0 Å². The molecule has 0 amide bonds. The molecule has 0 fully saturated rings. The topological polar surface area (TPSA) is 50.9 Å². The van der Waals surface area contributed by atoms with Gasteiger partial charge in [-0.25, -0.2) is 0 Å². The van der Waals surface area contributed by atoms with Crippen molar-refractivity contribution in [1.29, 1.82) is 0 Å². The number of hydrogen-bond acceptors (Lipinski definition) is 3. The first-order chi connectivity index (χ1) is 9.50. The van der Waals surface area contributed by atoms with Crippen LogP contribution in [0, 0.1) is 0 Å². The first kappa shape index (κ1) is 14.5. The van der Waals surface area contributed by atoms with Gasteiger partial charge < -0.3 is 0 Å². The molecule has 2 aromatic rings. The van der Waals surface area contributed by atoms with Crippen molar-refractivity contribution in [2.75, 3.05) is 0 Å². The van der Waals surface area contributed by atoms with Gasteiger partial charge in [0.25, 0.3) is 0 Å². The molecular formula is C14H14F3N3. The highest BCUT2D eigenvalue weighted by Crippen LogP contribution is 2.29. The van der Waals surface area contributed by atoms with E-state index in [0.29, 0.717) is 6.42 Å². The number of hydrazine groups is 1. The molecule has 0 saturated heterocycles.